The first-order valence-corrected chi connectivity index (χ1v) is 10.2. The van der Waals surface area contributed by atoms with Crippen LogP contribution in [0.3, 0.4) is 0 Å². The van der Waals surface area contributed by atoms with Crippen LogP contribution in [-0.4, -0.2) is 6.04 Å². The van der Waals surface area contributed by atoms with Gasteiger partial charge in [0.25, 0.3) is 6.43 Å². The van der Waals surface area contributed by atoms with Gasteiger partial charge in [0.05, 0.1) is 26.8 Å². The molecule has 1 heterocycles. The maximum Gasteiger partial charge on any atom is 0.266 e. The molecule has 0 saturated heterocycles. The first-order chi connectivity index (χ1) is 12.2. The number of rotatable bonds is 3. The zero-order valence-corrected chi connectivity index (χ0v) is 18.4. The number of hydrogen-bond acceptors (Lipinski definition) is 1. The van der Waals surface area contributed by atoms with E-state index in [1.165, 1.54) is 6.07 Å². The summed E-state index contributed by atoms with van der Waals surface area (Å²) in [4.78, 5) is 1.96. The molecule has 138 valence electrons. The van der Waals surface area contributed by atoms with Crippen molar-refractivity contribution in [3.8, 4) is 0 Å². The highest BCUT2D eigenvalue weighted by Crippen LogP contribution is 2.46. The molecule has 26 heavy (non-hydrogen) atoms. The molecular formula is C19H15BrClF3IN. The van der Waals surface area contributed by atoms with E-state index in [-0.39, 0.29) is 11.6 Å². The van der Waals surface area contributed by atoms with Crippen LogP contribution in [0.5, 0.6) is 0 Å². The molecule has 0 aliphatic carbocycles. The molecule has 0 radical (unpaired) electrons. The Bertz CT molecular complexity index is 888. The largest absolute Gasteiger partial charge is 0.357 e. The van der Waals surface area contributed by atoms with Crippen LogP contribution in [0.15, 0.2) is 34.8 Å². The third-order valence-electron chi connectivity index (χ3n) is 4.58. The Hall–Kier alpha value is -0.730. The Morgan fingerprint density at radius 1 is 1.27 bits per heavy atom. The monoisotopic (exact) mass is 555 g/mol. The molecule has 1 aliphatic rings. The molecule has 2 atom stereocenters. The van der Waals surface area contributed by atoms with Crippen LogP contribution < -0.4 is 4.90 Å². The van der Waals surface area contributed by atoms with Crippen LogP contribution in [-0.2, 0) is 0 Å². The van der Waals surface area contributed by atoms with Crippen LogP contribution in [0.2, 0.25) is 5.02 Å². The van der Waals surface area contributed by atoms with Gasteiger partial charge in [0.2, 0.25) is 0 Å². The van der Waals surface area contributed by atoms with Gasteiger partial charge in [-0.1, -0.05) is 42.0 Å². The van der Waals surface area contributed by atoms with Gasteiger partial charge in [-0.25, -0.2) is 13.2 Å². The van der Waals surface area contributed by atoms with Gasteiger partial charge in [-0.3, -0.25) is 0 Å². The van der Waals surface area contributed by atoms with Gasteiger partial charge < -0.3 is 4.90 Å². The van der Waals surface area contributed by atoms with Crippen molar-refractivity contribution in [1.82, 2.24) is 0 Å². The molecule has 1 nitrogen and oxygen atoms in total. The topological polar surface area (TPSA) is 3.24 Å². The summed E-state index contributed by atoms with van der Waals surface area (Å²) >= 11 is 12.3. The van der Waals surface area contributed by atoms with Gasteiger partial charge in [0, 0.05) is 20.7 Å². The third-order valence-corrected chi connectivity index (χ3v) is 7.59. The van der Waals surface area contributed by atoms with Crippen molar-refractivity contribution in [3.05, 3.63) is 65.9 Å². The highest BCUT2D eigenvalue weighted by atomic mass is 127. The highest BCUT2D eigenvalue weighted by molar-refractivity contribution is 14.1. The van der Waals surface area contributed by atoms with E-state index in [1.807, 2.05) is 30.0 Å². The summed E-state index contributed by atoms with van der Waals surface area (Å²) in [5, 5.41) is 0.528. The van der Waals surface area contributed by atoms with Crippen LogP contribution in [0.4, 0.5) is 18.9 Å². The van der Waals surface area contributed by atoms with E-state index in [9.17, 15) is 13.2 Å². The molecule has 0 bridgehead atoms. The average Bonchev–Trinajstić information content (AvgIpc) is 2.59. The van der Waals surface area contributed by atoms with Crippen molar-refractivity contribution in [2.75, 3.05) is 4.90 Å². The maximum atomic E-state index is 14.7. The predicted molar refractivity (Wildman–Crippen MR) is 113 cm³/mol. The molecule has 2 aromatic rings. The molecule has 0 spiro atoms. The lowest BCUT2D eigenvalue weighted by Crippen LogP contribution is -2.37. The number of fused-ring (bicyclic) bond motifs is 1. The third kappa shape index (κ3) is 3.40. The van der Waals surface area contributed by atoms with Gasteiger partial charge in [0.1, 0.15) is 5.82 Å². The van der Waals surface area contributed by atoms with Crippen molar-refractivity contribution >= 4 is 61.9 Å². The fraction of sp³-hybridized carbons (Fsp3) is 0.263. The van der Waals surface area contributed by atoms with Gasteiger partial charge in [-0.05, 0) is 58.4 Å². The Labute approximate surface area is 177 Å². The summed E-state index contributed by atoms with van der Waals surface area (Å²) in [5.74, 6) is -0.862. The normalized spacial score (nSPS) is 17.6. The molecule has 0 fully saturated rings. The standard InChI is InChI=1S/C19H15BrClF3IN/c1-9-6-7-11-8-14(25)15(20)16(21)18(11)26(9)10(2)12-4-3-5-13(17(12)22)19(23)24/h3-10,19H,1-2H3/t9-,10?/m1/s1. The van der Waals surface area contributed by atoms with Crippen molar-refractivity contribution in [3.63, 3.8) is 0 Å². The smallest absolute Gasteiger partial charge is 0.266 e. The number of anilines is 1. The van der Waals surface area contributed by atoms with Crippen molar-refractivity contribution in [2.45, 2.75) is 32.4 Å². The highest BCUT2D eigenvalue weighted by Gasteiger charge is 2.31. The van der Waals surface area contributed by atoms with Gasteiger partial charge in [-0.2, -0.15) is 0 Å². The lowest BCUT2D eigenvalue weighted by atomic mass is 9.96. The van der Waals surface area contributed by atoms with Gasteiger partial charge in [-0.15, -0.1) is 0 Å². The first-order valence-electron chi connectivity index (χ1n) is 7.94. The minimum atomic E-state index is -2.85. The first kappa shape index (κ1) is 20.0. The number of hydrogen-bond donors (Lipinski definition) is 0. The Balaban J connectivity index is 2.15. The molecule has 3 rings (SSSR count). The quantitative estimate of drug-likeness (QED) is 0.276. The molecular weight excluding hydrogens is 541 g/mol. The summed E-state index contributed by atoms with van der Waals surface area (Å²) in [6, 6.07) is 5.57. The second-order valence-corrected chi connectivity index (χ2v) is 8.49. The van der Waals surface area contributed by atoms with E-state index < -0.39 is 23.8 Å². The van der Waals surface area contributed by atoms with Gasteiger partial charge in [0.15, 0.2) is 0 Å². The molecule has 0 N–H and O–H groups in total. The summed E-state index contributed by atoms with van der Waals surface area (Å²) in [6.45, 7) is 3.77. The van der Waals surface area contributed by atoms with Crippen molar-refractivity contribution in [1.29, 1.82) is 0 Å². The minimum absolute atomic E-state index is 0.0726. The van der Waals surface area contributed by atoms with E-state index in [4.69, 9.17) is 11.6 Å². The van der Waals surface area contributed by atoms with E-state index in [0.717, 1.165) is 25.4 Å². The lowest BCUT2D eigenvalue weighted by Gasteiger charge is -2.40. The molecule has 0 aromatic heterocycles. The van der Waals surface area contributed by atoms with E-state index >= 15 is 0 Å². The number of halogens is 6. The SMILES string of the molecule is CC(c1cccc(C(F)F)c1F)N1c2c(cc(I)c(Br)c2Cl)C=C[C@H]1C. The molecule has 0 amide bonds. The molecule has 1 unspecified atom stereocenters. The van der Waals surface area contributed by atoms with Crippen LogP contribution >= 0.6 is 50.1 Å². The minimum Gasteiger partial charge on any atom is -0.357 e. The van der Waals surface area contributed by atoms with Crippen LogP contribution in [0.1, 0.15) is 43.0 Å². The Kier molecular flexibility index (Phi) is 5.94. The van der Waals surface area contributed by atoms with E-state index in [2.05, 4.69) is 38.5 Å². The summed E-state index contributed by atoms with van der Waals surface area (Å²) in [5.41, 5.74) is 1.33. The van der Waals surface area contributed by atoms with Gasteiger partial charge >= 0.3 is 0 Å². The second-order valence-electron chi connectivity index (χ2n) is 6.16. The van der Waals surface area contributed by atoms with E-state index in [1.54, 1.807) is 13.0 Å². The number of benzene rings is 2. The van der Waals surface area contributed by atoms with E-state index in [0.29, 0.717) is 5.02 Å². The summed E-state index contributed by atoms with van der Waals surface area (Å²) in [7, 11) is 0. The van der Waals surface area contributed by atoms with Crippen LogP contribution in [0.25, 0.3) is 6.08 Å². The fourth-order valence-electron chi connectivity index (χ4n) is 3.29. The predicted octanol–water partition coefficient (Wildman–Crippen LogP) is 7.77. The Morgan fingerprint density at radius 3 is 2.58 bits per heavy atom. The summed E-state index contributed by atoms with van der Waals surface area (Å²) < 4.78 is 42.6. The maximum absolute atomic E-state index is 14.7. The van der Waals surface area contributed by atoms with Crippen LogP contribution in [0, 0.1) is 9.39 Å². The second kappa shape index (κ2) is 7.72. The van der Waals surface area contributed by atoms with Crippen molar-refractivity contribution in [2.24, 2.45) is 0 Å². The van der Waals surface area contributed by atoms with Crippen molar-refractivity contribution < 1.29 is 13.2 Å². The average molecular weight is 557 g/mol. The fourth-order valence-corrected chi connectivity index (χ4v) is 4.66. The molecule has 0 saturated carbocycles. The molecule has 2 aromatic carbocycles. The zero-order valence-electron chi connectivity index (χ0n) is 13.9. The zero-order chi connectivity index (χ0) is 19.2. The Morgan fingerprint density at radius 2 is 1.92 bits per heavy atom. The number of alkyl halides is 2. The molecule has 7 heteroatoms. The lowest BCUT2D eigenvalue weighted by molar-refractivity contribution is 0.146. The number of nitrogens with zero attached hydrogens (tertiary/aromatic N) is 1. The molecule has 1 aliphatic heterocycles. The summed E-state index contributed by atoms with van der Waals surface area (Å²) in [6.07, 6.45) is 1.12.